The van der Waals surface area contributed by atoms with Gasteiger partial charge in [-0.3, -0.25) is 0 Å². The van der Waals surface area contributed by atoms with Gasteiger partial charge in [-0.25, -0.2) is 9.78 Å². The van der Waals surface area contributed by atoms with Crippen LogP contribution in [0.15, 0.2) is 18.2 Å². The molecule has 1 heterocycles. The summed E-state index contributed by atoms with van der Waals surface area (Å²) in [6, 6.07) is 4.66. The van der Waals surface area contributed by atoms with E-state index in [0.29, 0.717) is 14.0 Å². The zero-order chi connectivity index (χ0) is 14.2. The highest BCUT2D eigenvalue weighted by atomic mass is 127. The zero-order valence-electron chi connectivity index (χ0n) is 9.03. The molecular weight excluding hydrogens is 411 g/mol. The van der Waals surface area contributed by atoms with Crippen LogP contribution in [0.1, 0.15) is 0 Å². The number of ether oxygens (including phenoxy) is 1. The lowest BCUT2D eigenvalue weighted by atomic mass is 10.2. The number of carbonyl (C=O) groups is 1. The summed E-state index contributed by atoms with van der Waals surface area (Å²) in [5.41, 5.74) is 0.216. The largest absolute Gasteiger partial charge is 0.476 e. The number of aromatic nitrogens is 1. The molecule has 19 heavy (non-hydrogen) atoms. The summed E-state index contributed by atoms with van der Waals surface area (Å²) < 4.78 is 18.4. The molecule has 0 aliphatic heterocycles. The van der Waals surface area contributed by atoms with Crippen molar-refractivity contribution >= 4 is 62.7 Å². The Bertz CT molecular complexity index is 668. The minimum atomic E-state index is -2.49. The summed E-state index contributed by atoms with van der Waals surface area (Å²) in [6.07, 6.45) is -2.49. The van der Waals surface area contributed by atoms with E-state index in [2.05, 4.69) is 4.98 Å². The standard InChI is InChI=1S/C11H5Cl2FINO3/c12-5-3-6(15)9(19-10(14)11(17)18)8-4(5)1-2-7(13)16-8/h1-3,10H,(H,17,18). The Morgan fingerprint density at radius 3 is 2.79 bits per heavy atom. The SMILES string of the molecule is O=C(O)C(F)Oc1c(I)cc(Cl)c2ccc(Cl)nc12. The van der Waals surface area contributed by atoms with Crippen molar-refractivity contribution in [2.24, 2.45) is 0 Å². The monoisotopic (exact) mass is 415 g/mol. The van der Waals surface area contributed by atoms with Crippen molar-refractivity contribution in [3.8, 4) is 5.75 Å². The Balaban J connectivity index is 2.64. The van der Waals surface area contributed by atoms with Crippen LogP contribution in [0.4, 0.5) is 4.39 Å². The molecule has 0 radical (unpaired) electrons. The molecule has 8 heteroatoms. The molecule has 1 N–H and O–H groups in total. The van der Waals surface area contributed by atoms with Crippen molar-refractivity contribution in [2.75, 3.05) is 0 Å². The molecule has 0 aliphatic rings. The maximum absolute atomic E-state index is 13.2. The van der Waals surface area contributed by atoms with E-state index in [9.17, 15) is 9.18 Å². The molecule has 1 unspecified atom stereocenters. The number of hydrogen-bond acceptors (Lipinski definition) is 3. The lowest BCUT2D eigenvalue weighted by Gasteiger charge is -2.12. The van der Waals surface area contributed by atoms with Crippen LogP contribution in [0.5, 0.6) is 5.75 Å². The first-order valence-corrected chi connectivity index (χ1v) is 6.71. The first-order valence-electron chi connectivity index (χ1n) is 4.88. The summed E-state index contributed by atoms with van der Waals surface area (Å²) in [7, 11) is 0. The number of aliphatic carboxylic acids is 1. The normalized spacial score (nSPS) is 12.4. The molecule has 0 saturated heterocycles. The number of alkyl halides is 1. The topological polar surface area (TPSA) is 59.4 Å². The van der Waals surface area contributed by atoms with Crippen LogP contribution in [-0.2, 0) is 4.79 Å². The lowest BCUT2D eigenvalue weighted by molar-refractivity contribution is -0.153. The molecule has 1 atom stereocenters. The third-order valence-corrected chi connectivity index (χ3v) is 3.54. The first kappa shape index (κ1) is 14.5. The fraction of sp³-hybridized carbons (Fsp3) is 0.0909. The van der Waals surface area contributed by atoms with Gasteiger partial charge in [0.15, 0.2) is 5.75 Å². The molecule has 0 aliphatic carbocycles. The molecule has 0 saturated carbocycles. The Hall–Kier alpha value is -0.860. The van der Waals surface area contributed by atoms with Crippen molar-refractivity contribution in [3.63, 3.8) is 0 Å². The number of nitrogens with zero attached hydrogens (tertiary/aromatic N) is 1. The fourth-order valence-electron chi connectivity index (χ4n) is 1.43. The van der Waals surface area contributed by atoms with Crippen LogP contribution in [0.2, 0.25) is 10.2 Å². The smallest absolute Gasteiger partial charge is 0.378 e. The summed E-state index contributed by atoms with van der Waals surface area (Å²) >= 11 is 13.7. The molecule has 0 bridgehead atoms. The van der Waals surface area contributed by atoms with E-state index in [-0.39, 0.29) is 16.4 Å². The highest BCUT2D eigenvalue weighted by Gasteiger charge is 2.22. The Morgan fingerprint density at radius 1 is 1.47 bits per heavy atom. The van der Waals surface area contributed by atoms with E-state index in [1.165, 1.54) is 12.1 Å². The lowest BCUT2D eigenvalue weighted by Crippen LogP contribution is -2.22. The summed E-state index contributed by atoms with van der Waals surface area (Å²) in [5, 5.41) is 9.60. The van der Waals surface area contributed by atoms with Crippen molar-refractivity contribution < 1.29 is 19.0 Å². The third-order valence-electron chi connectivity index (χ3n) is 2.22. The van der Waals surface area contributed by atoms with Crippen LogP contribution < -0.4 is 4.74 Å². The maximum Gasteiger partial charge on any atom is 0.378 e. The number of carboxylic acid groups (broad SMARTS) is 1. The minimum Gasteiger partial charge on any atom is -0.476 e. The molecular formula is C11H5Cl2FINO3. The van der Waals surface area contributed by atoms with E-state index in [4.69, 9.17) is 33.0 Å². The van der Waals surface area contributed by atoms with Gasteiger partial charge in [-0.15, -0.1) is 0 Å². The quantitative estimate of drug-likeness (QED) is 0.610. The molecule has 4 nitrogen and oxygen atoms in total. The zero-order valence-corrected chi connectivity index (χ0v) is 12.7. The number of benzene rings is 1. The van der Waals surface area contributed by atoms with Gasteiger partial charge in [0.25, 0.3) is 0 Å². The number of carboxylic acids is 1. The van der Waals surface area contributed by atoms with E-state index in [1.807, 2.05) is 22.6 Å². The number of rotatable bonds is 3. The number of halogens is 4. The van der Waals surface area contributed by atoms with Gasteiger partial charge in [0.2, 0.25) is 0 Å². The van der Waals surface area contributed by atoms with Crippen LogP contribution in [0.3, 0.4) is 0 Å². The second-order valence-electron chi connectivity index (χ2n) is 3.47. The predicted molar refractivity (Wildman–Crippen MR) is 77.6 cm³/mol. The van der Waals surface area contributed by atoms with Gasteiger partial charge in [0.05, 0.1) is 8.59 Å². The van der Waals surface area contributed by atoms with Crippen molar-refractivity contribution in [3.05, 3.63) is 31.9 Å². The third kappa shape index (κ3) is 3.01. The van der Waals surface area contributed by atoms with E-state index < -0.39 is 12.3 Å². The van der Waals surface area contributed by atoms with E-state index in [1.54, 1.807) is 6.07 Å². The van der Waals surface area contributed by atoms with Crippen LogP contribution in [-0.4, -0.2) is 22.4 Å². The first-order chi connectivity index (χ1) is 8.90. The highest BCUT2D eigenvalue weighted by molar-refractivity contribution is 14.1. The Morgan fingerprint density at radius 2 is 2.16 bits per heavy atom. The van der Waals surface area contributed by atoms with Gasteiger partial charge >= 0.3 is 12.3 Å². The van der Waals surface area contributed by atoms with Crippen molar-refractivity contribution in [2.45, 2.75) is 6.36 Å². The Kier molecular flexibility index (Phi) is 4.32. The predicted octanol–water partition coefficient (Wildman–Crippen LogP) is 3.91. The van der Waals surface area contributed by atoms with Crippen LogP contribution in [0, 0.1) is 3.57 Å². The van der Waals surface area contributed by atoms with Gasteiger partial charge in [-0.2, -0.15) is 4.39 Å². The van der Waals surface area contributed by atoms with E-state index >= 15 is 0 Å². The molecule has 0 spiro atoms. The second kappa shape index (κ2) is 5.64. The van der Waals surface area contributed by atoms with Gasteiger partial charge in [0.1, 0.15) is 10.7 Å². The molecule has 2 aromatic rings. The van der Waals surface area contributed by atoms with Crippen LogP contribution in [0.25, 0.3) is 10.9 Å². The summed E-state index contributed by atoms with van der Waals surface area (Å²) in [4.78, 5) is 14.5. The van der Waals surface area contributed by atoms with Gasteiger partial charge < -0.3 is 9.84 Å². The summed E-state index contributed by atoms with van der Waals surface area (Å²) in [5.74, 6) is -1.72. The average Bonchev–Trinajstić information content (AvgIpc) is 2.33. The van der Waals surface area contributed by atoms with Crippen molar-refractivity contribution in [1.82, 2.24) is 4.98 Å². The average molecular weight is 416 g/mol. The molecule has 100 valence electrons. The number of pyridine rings is 1. The summed E-state index contributed by atoms with van der Waals surface area (Å²) in [6.45, 7) is 0. The van der Waals surface area contributed by atoms with Gasteiger partial charge in [-0.05, 0) is 40.8 Å². The maximum atomic E-state index is 13.2. The van der Waals surface area contributed by atoms with Crippen molar-refractivity contribution in [1.29, 1.82) is 0 Å². The fourth-order valence-corrected chi connectivity index (χ4v) is 2.72. The molecule has 0 fully saturated rings. The molecule has 0 amide bonds. The van der Waals surface area contributed by atoms with Crippen LogP contribution >= 0.6 is 45.8 Å². The Labute approximate surface area is 130 Å². The number of hydrogen-bond donors (Lipinski definition) is 1. The van der Waals surface area contributed by atoms with E-state index in [0.717, 1.165) is 0 Å². The minimum absolute atomic E-state index is 0.00241. The molecule has 2 rings (SSSR count). The number of fused-ring (bicyclic) bond motifs is 1. The molecule has 1 aromatic heterocycles. The second-order valence-corrected chi connectivity index (χ2v) is 5.43. The van der Waals surface area contributed by atoms with Gasteiger partial charge in [-0.1, -0.05) is 23.2 Å². The van der Waals surface area contributed by atoms with Gasteiger partial charge in [0, 0.05) is 5.39 Å². The highest BCUT2D eigenvalue weighted by Crippen LogP contribution is 2.36. The molecule has 1 aromatic carbocycles.